The molecule has 1 aliphatic rings. The molecule has 1 heterocycles. The lowest BCUT2D eigenvalue weighted by Gasteiger charge is -2.26. The number of nitrogens with zero attached hydrogens (tertiary/aromatic N) is 1. The van der Waals surface area contributed by atoms with Gasteiger partial charge >= 0.3 is 10.2 Å². The zero-order valence-electron chi connectivity index (χ0n) is 11.5. The largest absolute Gasteiger partial charge is 0.314 e. The van der Waals surface area contributed by atoms with Crippen LogP contribution in [0.25, 0.3) is 0 Å². The summed E-state index contributed by atoms with van der Waals surface area (Å²) in [5, 5.41) is 3.07. The van der Waals surface area contributed by atoms with Gasteiger partial charge in [0.15, 0.2) is 0 Å². The van der Waals surface area contributed by atoms with E-state index in [2.05, 4.69) is 14.8 Å². The van der Waals surface area contributed by atoms with Gasteiger partial charge < -0.3 is 5.32 Å². The van der Waals surface area contributed by atoms with Crippen LogP contribution >= 0.6 is 0 Å². The van der Waals surface area contributed by atoms with Gasteiger partial charge in [-0.15, -0.1) is 0 Å². The Morgan fingerprint density at radius 2 is 1.62 bits per heavy atom. The molecule has 1 aromatic carbocycles. The highest BCUT2D eigenvalue weighted by atomic mass is 32.2. The van der Waals surface area contributed by atoms with E-state index in [1.54, 1.807) is 0 Å². The lowest BCUT2D eigenvalue weighted by Crippen LogP contribution is -2.48. The molecule has 0 aliphatic carbocycles. The Labute approximate surface area is 124 Å². The van der Waals surface area contributed by atoms with Crippen LogP contribution in [-0.4, -0.2) is 54.4 Å². The Bertz CT molecular complexity index is 679. The molecule has 2 rings (SSSR count). The number of hydrogen-bond donors (Lipinski definition) is 3. The van der Waals surface area contributed by atoms with Crippen molar-refractivity contribution in [3.63, 3.8) is 0 Å². The Balaban J connectivity index is 2.13. The predicted octanol–water partition coefficient (Wildman–Crippen LogP) is -0.843. The second kappa shape index (κ2) is 6.28. The first-order valence-electron chi connectivity index (χ1n) is 6.37. The molecular formula is C11H18N4O4S2. The van der Waals surface area contributed by atoms with Gasteiger partial charge in [0.25, 0.3) is 0 Å². The van der Waals surface area contributed by atoms with Gasteiger partial charge in [0.1, 0.15) is 0 Å². The quantitative estimate of drug-likeness (QED) is 0.650. The number of anilines is 1. The number of nitrogens with one attached hydrogen (secondary N) is 3. The molecular weight excluding hydrogens is 316 g/mol. The van der Waals surface area contributed by atoms with Crippen molar-refractivity contribution >= 4 is 25.9 Å². The van der Waals surface area contributed by atoms with E-state index in [1.165, 1.54) is 35.6 Å². The number of piperazine rings is 1. The molecule has 1 aliphatic heterocycles. The maximum Gasteiger partial charge on any atom is 0.301 e. The van der Waals surface area contributed by atoms with Crippen LogP contribution in [0.15, 0.2) is 29.2 Å². The van der Waals surface area contributed by atoms with E-state index < -0.39 is 20.2 Å². The molecule has 3 N–H and O–H groups in total. The standard InChI is InChI=1S/C11H18N4O4S2/c1-12-20(16,17)11-4-2-10(3-5-11)14-21(18,19)15-8-6-13-7-9-15/h2-5,12-14H,6-9H2,1H3. The van der Waals surface area contributed by atoms with Crippen molar-refractivity contribution in [2.24, 2.45) is 0 Å². The predicted molar refractivity (Wildman–Crippen MR) is 79.7 cm³/mol. The van der Waals surface area contributed by atoms with E-state index in [-0.39, 0.29) is 4.90 Å². The van der Waals surface area contributed by atoms with E-state index in [4.69, 9.17) is 0 Å². The van der Waals surface area contributed by atoms with Crippen molar-refractivity contribution in [2.45, 2.75) is 4.90 Å². The molecule has 0 saturated carbocycles. The maximum atomic E-state index is 12.1. The van der Waals surface area contributed by atoms with Crippen molar-refractivity contribution in [1.82, 2.24) is 14.3 Å². The van der Waals surface area contributed by atoms with Gasteiger partial charge in [-0.1, -0.05) is 0 Å². The molecule has 0 aromatic heterocycles. The molecule has 0 unspecified atom stereocenters. The second-order valence-corrected chi connectivity index (χ2v) is 8.05. The van der Waals surface area contributed by atoms with Crippen LogP contribution < -0.4 is 14.8 Å². The lowest BCUT2D eigenvalue weighted by molar-refractivity contribution is 0.362. The minimum atomic E-state index is -3.61. The van der Waals surface area contributed by atoms with Crippen LogP contribution in [0.2, 0.25) is 0 Å². The molecule has 8 nitrogen and oxygen atoms in total. The molecule has 1 fully saturated rings. The maximum absolute atomic E-state index is 12.1. The third-order valence-electron chi connectivity index (χ3n) is 3.10. The van der Waals surface area contributed by atoms with Crippen LogP contribution in [0.3, 0.4) is 0 Å². The summed E-state index contributed by atoms with van der Waals surface area (Å²) in [4.78, 5) is 0.0788. The SMILES string of the molecule is CNS(=O)(=O)c1ccc(NS(=O)(=O)N2CCNCC2)cc1. The average molecular weight is 334 g/mol. The summed E-state index contributed by atoms with van der Waals surface area (Å²) in [6.45, 7) is 2.03. The van der Waals surface area contributed by atoms with Crippen LogP contribution in [0.1, 0.15) is 0 Å². The monoisotopic (exact) mass is 334 g/mol. The zero-order chi connectivity index (χ0) is 15.5. The number of rotatable bonds is 5. The minimum Gasteiger partial charge on any atom is -0.314 e. The Kier molecular flexibility index (Phi) is 4.84. The smallest absolute Gasteiger partial charge is 0.301 e. The van der Waals surface area contributed by atoms with E-state index in [1.807, 2.05) is 0 Å². The van der Waals surface area contributed by atoms with Crippen LogP contribution in [0.5, 0.6) is 0 Å². The molecule has 10 heteroatoms. The number of benzene rings is 1. The average Bonchev–Trinajstić information content (AvgIpc) is 2.48. The first-order chi connectivity index (χ1) is 9.85. The van der Waals surface area contributed by atoms with Crippen molar-refractivity contribution < 1.29 is 16.8 Å². The Hall–Kier alpha value is -1.20. The normalized spacial score (nSPS) is 17.6. The van der Waals surface area contributed by atoms with Gasteiger partial charge in [-0.05, 0) is 31.3 Å². The molecule has 1 aromatic rings. The highest BCUT2D eigenvalue weighted by Gasteiger charge is 2.23. The fourth-order valence-corrected chi connectivity index (χ4v) is 3.87. The van der Waals surface area contributed by atoms with Crippen LogP contribution in [0.4, 0.5) is 5.69 Å². The fourth-order valence-electron chi connectivity index (χ4n) is 1.92. The molecule has 0 radical (unpaired) electrons. The summed E-state index contributed by atoms with van der Waals surface area (Å²) in [6, 6.07) is 5.54. The van der Waals surface area contributed by atoms with Gasteiger partial charge in [-0.25, -0.2) is 13.1 Å². The van der Waals surface area contributed by atoms with E-state index in [0.717, 1.165) is 0 Å². The molecule has 118 valence electrons. The van der Waals surface area contributed by atoms with E-state index >= 15 is 0 Å². The summed E-state index contributed by atoms with van der Waals surface area (Å²) in [5.74, 6) is 0. The van der Waals surface area contributed by atoms with Gasteiger partial charge in [-0.2, -0.15) is 12.7 Å². The van der Waals surface area contributed by atoms with Gasteiger partial charge in [-0.3, -0.25) is 4.72 Å². The van der Waals surface area contributed by atoms with Gasteiger partial charge in [0.05, 0.1) is 4.90 Å². The summed E-state index contributed by atoms with van der Waals surface area (Å²) >= 11 is 0. The topological polar surface area (TPSA) is 108 Å². The molecule has 21 heavy (non-hydrogen) atoms. The van der Waals surface area contributed by atoms with Crippen molar-refractivity contribution in [1.29, 1.82) is 0 Å². The first kappa shape index (κ1) is 16.2. The van der Waals surface area contributed by atoms with Gasteiger partial charge in [0.2, 0.25) is 10.0 Å². The molecule has 1 saturated heterocycles. The number of sulfonamides is 1. The summed E-state index contributed by atoms with van der Waals surface area (Å²) in [7, 11) is -5.82. The Morgan fingerprint density at radius 3 is 2.14 bits per heavy atom. The second-order valence-electron chi connectivity index (χ2n) is 4.49. The zero-order valence-corrected chi connectivity index (χ0v) is 13.2. The van der Waals surface area contributed by atoms with Gasteiger partial charge in [0, 0.05) is 31.9 Å². The van der Waals surface area contributed by atoms with Crippen LogP contribution in [-0.2, 0) is 20.2 Å². The number of hydrogen-bond acceptors (Lipinski definition) is 5. The Morgan fingerprint density at radius 1 is 1.05 bits per heavy atom. The van der Waals surface area contributed by atoms with Crippen molar-refractivity contribution in [2.75, 3.05) is 37.9 Å². The minimum absolute atomic E-state index is 0.0788. The fraction of sp³-hybridized carbons (Fsp3) is 0.455. The van der Waals surface area contributed by atoms with E-state index in [0.29, 0.717) is 31.9 Å². The van der Waals surface area contributed by atoms with Crippen molar-refractivity contribution in [3.05, 3.63) is 24.3 Å². The molecule has 0 amide bonds. The summed E-state index contributed by atoms with van der Waals surface area (Å²) in [6.07, 6.45) is 0. The third kappa shape index (κ3) is 3.92. The van der Waals surface area contributed by atoms with E-state index in [9.17, 15) is 16.8 Å². The summed E-state index contributed by atoms with van der Waals surface area (Å²) in [5.41, 5.74) is 0.323. The molecule has 0 bridgehead atoms. The first-order valence-corrected chi connectivity index (χ1v) is 9.30. The molecule has 0 atom stereocenters. The molecule has 0 spiro atoms. The van der Waals surface area contributed by atoms with Crippen molar-refractivity contribution in [3.8, 4) is 0 Å². The highest BCUT2D eigenvalue weighted by molar-refractivity contribution is 7.90. The van der Waals surface area contributed by atoms with Crippen LogP contribution in [0, 0.1) is 0 Å². The summed E-state index contributed by atoms with van der Waals surface area (Å²) < 4.78 is 53.4. The third-order valence-corrected chi connectivity index (χ3v) is 6.06. The lowest BCUT2D eigenvalue weighted by atomic mass is 10.3. The highest BCUT2D eigenvalue weighted by Crippen LogP contribution is 2.16.